The minimum atomic E-state index is -0.291. The second-order valence-corrected chi connectivity index (χ2v) is 8.12. The van der Waals surface area contributed by atoms with Gasteiger partial charge < -0.3 is 20.9 Å². The number of fused-ring (bicyclic) bond motifs is 1. The van der Waals surface area contributed by atoms with Crippen LogP contribution >= 0.6 is 12.2 Å². The minimum absolute atomic E-state index is 0.194. The molecule has 3 rings (SSSR count). The summed E-state index contributed by atoms with van der Waals surface area (Å²) in [6, 6.07) is 13.4. The molecule has 30 heavy (non-hydrogen) atoms. The Balaban J connectivity index is 1.41. The highest BCUT2D eigenvalue weighted by Gasteiger charge is 2.19. The number of nitrogens with one attached hydrogen (secondary N) is 4. The van der Waals surface area contributed by atoms with Crippen molar-refractivity contribution >= 4 is 34.3 Å². The van der Waals surface area contributed by atoms with E-state index < -0.39 is 0 Å². The van der Waals surface area contributed by atoms with E-state index in [0.717, 1.165) is 22.2 Å². The van der Waals surface area contributed by atoms with E-state index >= 15 is 0 Å². The Bertz CT molecular complexity index is 1080. The first-order valence-electron chi connectivity index (χ1n) is 9.70. The number of pyridine rings is 1. The number of aromatic amines is 1. The first-order valence-corrected chi connectivity index (χ1v) is 10.1. The fourth-order valence-electron chi connectivity index (χ4n) is 2.81. The maximum atomic E-state index is 12.0. The second-order valence-electron chi connectivity index (χ2n) is 7.71. The van der Waals surface area contributed by atoms with Crippen LogP contribution in [0.25, 0.3) is 11.0 Å². The molecule has 0 radical (unpaired) electrons. The zero-order valence-electron chi connectivity index (χ0n) is 17.1. The van der Waals surface area contributed by atoms with Crippen LogP contribution in [-0.4, -0.2) is 34.1 Å². The minimum Gasteiger partial charge on any atom is -0.362 e. The third-order valence-electron chi connectivity index (χ3n) is 4.54. The molecule has 0 saturated carbocycles. The Morgan fingerprint density at radius 2 is 1.87 bits per heavy atom. The molecule has 1 aromatic carbocycles. The largest absolute Gasteiger partial charge is 0.362 e. The van der Waals surface area contributed by atoms with Gasteiger partial charge in [0.05, 0.1) is 0 Å². The SMILES string of the molecule is CC(C)(CNC(=O)C#Cc1ccccc1)CNC(=S)NCc1ccnc2[nH]ccc12. The van der Waals surface area contributed by atoms with Crippen LogP contribution in [0.5, 0.6) is 0 Å². The van der Waals surface area contributed by atoms with Crippen LogP contribution < -0.4 is 16.0 Å². The molecule has 0 aliphatic carbocycles. The van der Waals surface area contributed by atoms with Gasteiger partial charge in [0.2, 0.25) is 0 Å². The third-order valence-corrected chi connectivity index (χ3v) is 4.83. The molecule has 0 saturated heterocycles. The number of benzene rings is 1. The Kier molecular flexibility index (Phi) is 7.04. The van der Waals surface area contributed by atoms with E-state index in [1.807, 2.05) is 48.7 Å². The molecule has 6 nitrogen and oxygen atoms in total. The standard InChI is InChI=1S/C23H25N5OS/c1-23(2,15-27-20(29)9-8-17-6-4-3-5-7-17)16-28-22(30)26-14-18-10-12-24-21-19(18)11-13-25-21/h3-7,10-13H,14-16H2,1-2H3,(H,24,25)(H,27,29)(H2,26,28,30). The Morgan fingerprint density at radius 1 is 1.10 bits per heavy atom. The predicted octanol–water partition coefficient (Wildman–Crippen LogP) is 2.72. The Hall–Kier alpha value is -3.37. The first-order chi connectivity index (χ1) is 14.4. The maximum absolute atomic E-state index is 12.0. The molecule has 7 heteroatoms. The van der Waals surface area contributed by atoms with Gasteiger partial charge in [-0.1, -0.05) is 38.0 Å². The number of hydrogen-bond donors (Lipinski definition) is 4. The summed E-state index contributed by atoms with van der Waals surface area (Å²) in [5, 5.41) is 11.0. The van der Waals surface area contributed by atoms with Crippen molar-refractivity contribution in [1.82, 2.24) is 25.9 Å². The van der Waals surface area contributed by atoms with Crippen molar-refractivity contribution in [2.45, 2.75) is 20.4 Å². The summed E-state index contributed by atoms with van der Waals surface area (Å²) in [4.78, 5) is 19.4. The maximum Gasteiger partial charge on any atom is 0.296 e. The van der Waals surface area contributed by atoms with Crippen LogP contribution in [0, 0.1) is 17.3 Å². The quantitative estimate of drug-likeness (QED) is 0.365. The predicted molar refractivity (Wildman–Crippen MR) is 124 cm³/mol. The lowest BCUT2D eigenvalue weighted by molar-refractivity contribution is -0.116. The van der Waals surface area contributed by atoms with E-state index in [9.17, 15) is 4.79 Å². The monoisotopic (exact) mass is 419 g/mol. The van der Waals surface area contributed by atoms with Crippen molar-refractivity contribution in [2.24, 2.45) is 5.41 Å². The van der Waals surface area contributed by atoms with Crippen molar-refractivity contribution in [3.05, 3.63) is 66.0 Å². The molecule has 0 aliphatic rings. The third kappa shape index (κ3) is 6.33. The fourth-order valence-corrected chi connectivity index (χ4v) is 2.95. The smallest absolute Gasteiger partial charge is 0.296 e. The van der Waals surface area contributed by atoms with Crippen molar-refractivity contribution in [3.8, 4) is 11.8 Å². The highest BCUT2D eigenvalue weighted by molar-refractivity contribution is 7.80. The normalized spacial score (nSPS) is 10.7. The fraction of sp³-hybridized carbons (Fsp3) is 0.261. The lowest BCUT2D eigenvalue weighted by Crippen LogP contribution is -2.44. The second kappa shape index (κ2) is 9.90. The summed E-state index contributed by atoms with van der Waals surface area (Å²) in [6.45, 7) is 5.81. The molecule has 2 heterocycles. The van der Waals surface area contributed by atoms with Crippen LogP contribution in [0.3, 0.4) is 0 Å². The molecule has 0 bridgehead atoms. The molecule has 0 aliphatic heterocycles. The van der Waals surface area contributed by atoms with Gasteiger partial charge in [-0.05, 0) is 47.5 Å². The highest BCUT2D eigenvalue weighted by atomic mass is 32.1. The summed E-state index contributed by atoms with van der Waals surface area (Å²) in [5.41, 5.74) is 2.60. The molecule has 154 valence electrons. The van der Waals surface area contributed by atoms with Gasteiger partial charge in [-0.2, -0.15) is 0 Å². The van der Waals surface area contributed by atoms with Gasteiger partial charge in [-0.3, -0.25) is 4.79 Å². The van der Waals surface area contributed by atoms with Crippen LogP contribution in [0.4, 0.5) is 0 Å². The van der Waals surface area contributed by atoms with Crippen LogP contribution in [0.1, 0.15) is 25.0 Å². The van der Waals surface area contributed by atoms with Gasteiger partial charge in [0.1, 0.15) is 5.65 Å². The highest BCUT2D eigenvalue weighted by Crippen LogP contribution is 2.15. The summed E-state index contributed by atoms with van der Waals surface area (Å²) in [7, 11) is 0. The number of thiocarbonyl (C=S) groups is 1. The molecular weight excluding hydrogens is 394 g/mol. The zero-order valence-corrected chi connectivity index (χ0v) is 17.9. The van der Waals surface area contributed by atoms with Gasteiger partial charge in [-0.15, -0.1) is 0 Å². The molecule has 0 atom stereocenters. The molecule has 4 N–H and O–H groups in total. The summed E-state index contributed by atoms with van der Waals surface area (Å²) < 4.78 is 0. The lowest BCUT2D eigenvalue weighted by atomic mass is 9.93. The van der Waals surface area contributed by atoms with Crippen LogP contribution in [0.2, 0.25) is 0 Å². The van der Waals surface area contributed by atoms with Crippen molar-refractivity contribution in [2.75, 3.05) is 13.1 Å². The number of carbonyl (C=O) groups excluding carboxylic acids is 1. The molecule has 2 aromatic heterocycles. The van der Waals surface area contributed by atoms with E-state index in [2.05, 4.69) is 51.6 Å². The average Bonchev–Trinajstić information content (AvgIpc) is 3.24. The van der Waals surface area contributed by atoms with E-state index in [-0.39, 0.29) is 11.3 Å². The molecule has 0 unspecified atom stereocenters. The summed E-state index contributed by atoms with van der Waals surface area (Å²) in [6.07, 6.45) is 3.65. The first kappa shape index (κ1) is 21.3. The van der Waals surface area contributed by atoms with Crippen LogP contribution in [-0.2, 0) is 11.3 Å². The van der Waals surface area contributed by atoms with E-state index in [1.54, 1.807) is 6.20 Å². The van der Waals surface area contributed by atoms with Crippen molar-refractivity contribution in [1.29, 1.82) is 0 Å². The molecule has 3 aromatic rings. The zero-order chi connectivity index (χ0) is 21.4. The van der Waals surface area contributed by atoms with Gasteiger partial charge in [-0.25, -0.2) is 4.98 Å². The molecular formula is C23H25N5OS. The van der Waals surface area contributed by atoms with Crippen LogP contribution in [0.15, 0.2) is 54.9 Å². The number of rotatable bonds is 6. The Labute approximate surface area is 181 Å². The van der Waals surface area contributed by atoms with Gasteiger partial charge in [0, 0.05) is 48.9 Å². The number of amides is 1. The number of hydrogen-bond acceptors (Lipinski definition) is 3. The number of carbonyl (C=O) groups is 1. The van der Waals surface area contributed by atoms with Crippen molar-refractivity contribution < 1.29 is 4.79 Å². The van der Waals surface area contributed by atoms with E-state index in [4.69, 9.17) is 12.2 Å². The van der Waals surface area contributed by atoms with E-state index in [1.165, 1.54) is 0 Å². The summed E-state index contributed by atoms with van der Waals surface area (Å²) >= 11 is 5.40. The molecule has 0 fully saturated rings. The average molecular weight is 420 g/mol. The van der Waals surface area contributed by atoms with Gasteiger partial charge in [0.25, 0.3) is 5.91 Å². The number of H-pyrrole nitrogens is 1. The van der Waals surface area contributed by atoms with Crippen molar-refractivity contribution in [3.63, 3.8) is 0 Å². The Morgan fingerprint density at radius 3 is 2.67 bits per heavy atom. The van der Waals surface area contributed by atoms with Gasteiger partial charge in [0.15, 0.2) is 5.11 Å². The topological polar surface area (TPSA) is 81.8 Å². The molecule has 0 spiro atoms. The van der Waals surface area contributed by atoms with Gasteiger partial charge >= 0.3 is 0 Å². The summed E-state index contributed by atoms with van der Waals surface area (Å²) in [5.74, 6) is 5.19. The number of aromatic nitrogens is 2. The molecule has 1 amide bonds. The van der Waals surface area contributed by atoms with E-state index in [0.29, 0.717) is 24.7 Å². The number of nitrogens with zero attached hydrogens (tertiary/aromatic N) is 1. The lowest BCUT2D eigenvalue weighted by Gasteiger charge is -2.25.